The number of fused-ring (bicyclic) bond motifs is 1. The summed E-state index contributed by atoms with van der Waals surface area (Å²) in [7, 11) is 2.80. The van der Waals surface area contributed by atoms with E-state index >= 15 is 0 Å². The van der Waals surface area contributed by atoms with Crippen LogP contribution in [-0.4, -0.2) is 66.9 Å². The molecule has 1 saturated heterocycles. The first kappa shape index (κ1) is 16.4. The van der Waals surface area contributed by atoms with E-state index in [1.807, 2.05) is 0 Å². The predicted octanol–water partition coefficient (Wildman–Crippen LogP) is 1.90. The van der Waals surface area contributed by atoms with Crippen molar-refractivity contribution in [2.45, 2.75) is 50.3 Å². The van der Waals surface area contributed by atoms with E-state index in [1.54, 1.807) is 21.3 Å². The summed E-state index contributed by atoms with van der Waals surface area (Å²) in [5.74, 6) is 0. The van der Waals surface area contributed by atoms with Gasteiger partial charge in [0.1, 0.15) is 0 Å². The van der Waals surface area contributed by atoms with Crippen molar-refractivity contribution in [1.29, 1.82) is 0 Å². The predicted molar refractivity (Wildman–Crippen MR) is 79.8 cm³/mol. The maximum Gasteiger partial charge on any atom is 0.500 e. The topological polar surface area (TPSA) is 40.2 Å². The monoisotopic (exact) mass is 303 g/mol. The first-order valence-corrected chi connectivity index (χ1v) is 9.69. The molecule has 0 aromatic rings. The number of hydrogen-bond donors (Lipinski definition) is 0. The van der Waals surface area contributed by atoms with E-state index in [1.165, 1.54) is 19.3 Å². The Kier molecular flexibility index (Phi) is 6.44. The third-order valence-corrected chi connectivity index (χ3v) is 7.47. The molecule has 2 unspecified atom stereocenters. The molecule has 20 heavy (non-hydrogen) atoms. The fourth-order valence-corrected chi connectivity index (χ4v) is 5.67. The summed E-state index contributed by atoms with van der Waals surface area (Å²) in [5, 5.41) is 0. The van der Waals surface area contributed by atoms with Crippen molar-refractivity contribution in [2.75, 3.05) is 41.0 Å². The molecule has 2 rings (SSSR count). The van der Waals surface area contributed by atoms with E-state index < -0.39 is 8.80 Å². The Morgan fingerprint density at radius 3 is 2.55 bits per heavy atom. The SMILES string of the molecule is COCCN1CCC[Si](OC)(OC)OC2CCCCC21. The summed E-state index contributed by atoms with van der Waals surface area (Å²) in [6.07, 6.45) is 6.20. The minimum absolute atomic E-state index is 0.257. The summed E-state index contributed by atoms with van der Waals surface area (Å²) in [5.41, 5.74) is 0. The highest BCUT2D eigenvalue weighted by atomic mass is 28.4. The largest absolute Gasteiger partial charge is 0.500 e. The van der Waals surface area contributed by atoms with Crippen molar-refractivity contribution in [3.05, 3.63) is 0 Å². The van der Waals surface area contributed by atoms with Crippen molar-refractivity contribution >= 4 is 8.80 Å². The molecule has 0 bridgehead atoms. The Morgan fingerprint density at radius 1 is 1.10 bits per heavy atom. The summed E-state index contributed by atoms with van der Waals surface area (Å²) in [4.78, 5) is 2.55. The molecule has 2 atom stereocenters. The zero-order valence-electron chi connectivity index (χ0n) is 13.1. The molecule has 1 aliphatic heterocycles. The standard InChI is InChI=1S/C14H29NO4Si/c1-16-11-10-15-9-6-12-20(17-2,18-3)19-14-8-5-4-7-13(14)15/h13-14H,4-12H2,1-3H3. The highest BCUT2D eigenvalue weighted by molar-refractivity contribution is 6.60. The van der Waals surface area contributed by atoms with Gasteiger partial charge in [-0.3, -0.25) is 4.90 Å². The lowest BCUT2D eigenvalue weighted by Crippen LogP contribution is -2.57. The van der Waals surface area contributed by atoms with Gasteiger partial charge in [0.2, 0.25) is 0 Å². The van der Waals surface area contributed by atoms with Crippen LogP contribution in [0.2, 0.25) is 6.04 Å². The molecule has 0 radical (unpaired) electrons. The van der Waals surface area contributed by atoms with E-state index in [-0.39, 0.29) is 6.10 Å². The van der Waals surface area contributed by atoms with Crippen LogP contribution in [0.25, 0.3) is 0 Å². The van der Waals surface area contributed by atoms with Gasteiger partial charge in [0, 0.05) is 40.0 Å². The molecule has 1 aliphatic carbocycles. The molecular formula is C14H29NO4Si. The van der Waals surface area contributed by atoms with Crippen molar-refractivity contribution in [1.82, 2.24) is 4.90 Å². The molecule has 5 nitrogen and oxygen atoms in total. The van der Waals surface area contributed by atoms with Crippen molar-refractivity contribution < 1.29 is 18.0 Å². The van der Waals surface area contributed by atoms with Gasteiger partial charge >= 0.3 is 8.80 Å². The third kappa shape index (κ3) is 3.81. The van der Waals surface area contributed by atoms with Gasteiger partial charge in [0.25, 0.3) is 0 Å². The van der Waals surface area contributed by atoms with Crippen LogP contribution < -0.4 is 0 Å². The molecular weight excluding hydrogens is 274 g/mol. The van der Waals surface area contributed by atoms with Crippen LogP contribution in [0.3, 0.4) is 0 Å². The van der Waals surface area contributed by atoms with Crippen LogP contribution in [0.15, 0.2) is 0 Å². The van der Waals surface area contributed by atoms with E-state index in [2.05, 4.69) is 4.90 Å². The Hall–Kier alpha value is 0.0169. The lowest BCUT2D eigenvalue weighted by Gasteiger charge is -2.45. The molecule has 0 aromatic heterocycles. The van der Waals surface area contributed by atoms with Gasteiger partial charge in [-0.15, -0.1) is 0 Å². The van der Waals surface area contributed by atoms with Crippen molar-refractivity contribution in [2.24, 2.45) is 0 Å². The van der Waals surface area contributed by atoms with Crippen LogP contribution in [0.1, 0.15) is 32.1 Å². The molecule has 1 heterocycles. The average molecular weight is 303 g/mol. The van der Waals surface area contributed by atoms with Crippen LogP contribution >= 0.6 is 0 Å². The number of ether oxygens (including phenoxy) is 1. The number of nitrogens with zero attached hydrogens (tertiary/aromatic N) is 1. The second-order valence-electron chi connectivity index (χ2n) is 5.73. The van der Waals surface area contributed by atoms with Gasteiger partial charge in [-0.05, 0) is 25.8 Å². The van der Waals surface area contributed by atoms with Gasteiger partial charge in [0.15, 0.2) is 0 Å². The molecule has 6 heteroatoms. The Balaban J connectivity index is 2.08. The van der Waals surface area contributed by atoms with Crippen molar-refractivity contribution in [3.8, 4) is 0 Å². The van der Waals surface area contributed by atoms with Crippen molar-refractivity contribution in [3.63, 3.8) is 0 Å². The van der Waals surface area contributed by atoms with E-state index in [0.717, 1.165) is 38.6 Å². The summed E-state index contributed by atoms with van der Waals surface area (Å²) in [6, 6.07) is 1.41. The highest BCUT2D eigenvalue weighted by Gasteiger charge is 2.46. The Labute approximate surface area is 123 Å². The fourth-order valence-electron chi connectivity index (χ4n) is 3.46. The second kappa shape index (κ2) is 7.86. The maximum absolute atomic E-state index is 6.40. The normalized spacial score (nSPS) is 31.4. The van der Waals surface area contributed by atoms with Crippen LogP contribution in [0.4, 0.5) is 0 Å². The van der Waals surface area contributed by atoms with Crippen LogP contribution in [0, 0.1) is 0 Å². The van der Waals surface area contributed by atoms with Crippen LogP contribution in [0.5, 0.6) is 0 Å². The van der Waals surface area contributed by atoms with E-state index in [4.69, 9.17) is 18.0 Å². The zero-order chi connectivity index (χ0) is 14.4. The molecule has 118 valence electrons. The van der Waals surface area contributed by atoms with Gasteiger partial charge < -0.3 is 18.0 Å². The minimum atomic E-state index is -2.44. The second-order valence-corrected chi connectivity index (χ2v) is 8.65. The molecule has 0 amide bonds. The number of rotatable bonds is 5. The maximum atomic E-state index is 6.40. The minimum Gasteiger partial charge on any atom is -0.383 e. The molecule has 0 aromatic carbocycles. The Morgan fingerprint density at radius 2 is 1.85 bits per heavy atom. The average Bonchev–Trinajstić information content (AvgIpc) is 2.48. The zero-order valence-corrected chi connectivity index (χ0v) is 14.1. The number of hydrogen-bond acceptors (Lipinski definition) is 5. The number of methoxy groups -OCH3 is 1. The quantitative estimate of drug-likeness (QED) is 0.726. The first-order chi connectivity index (χ1) is 9.74. The summed E-state index contributed by atoms with van der Waals surface area (Å²) >= 11 is 0. The third-order valence-electron chi connectivity index (χ3n) is 4.60. The fraction of sp³-hybridized carbons (Fsp3) is 1.00. The lowest BCUT2D eigenvalue weighted by atomic mass is 9.91. The van der Waals surface area contributed by atoms with Crippen LogP contribution in [-0.2, 0) is 18.0 Å². The van der Waals surface area contributed by atoms with Gasteiger partial charge in [-0.2, -0.15) is 0 Å². The molecule has 0 spiro atoms. The first-order valence-electron chi connectivity index (χ1n) is 7.76. The van der Waals surface area contributed by atoms with Gasteiger partial charge in [0.05, 0.1) is 12.7 Å². The molecule has 2 fully saturated rings. The van der Waals surface area contributed by atoms with Gasteiger partial charge in [-0.25, -0.2) is 0 Å². The Bertz CT molecular complexity index is 288. The van der Waals surface area contributed by atoms with E-state index in [9.17, 15) is 0 Å². The molecule has 1 saturated carbocycles. The summed E-state index contributed by atoms with van der Waals surface area (Å²) in [6.45, 7) is 2.88. The van der Waals surface area contributed by atoms with E-state index in [0.29, 0.717) is 6.04 Å². The summed E-state index contributed by atoms with van der Waals surface area (Å²) < 4.78 is 23.0. The van der Waals surface area contributed by atoms with Gasteiger partial charge in [-0.1, -0.05) is 12.8 Å². The highest BCUT2D eigenvalue weighted by Crippen LogP contribution is 2.32. The molecule has 0 N–H and O–H groups in total. The smallest absolute Gasteiger partial charge is 0.383 e. The lowest BCUT2D eigenvalue weighted by molar-refractivity contribution is -0.0318. The molecule has 2 aliphatic rings.